The first-order chi connectivity index (χ1) is 8.10. The Kier molecular flexibility index (Phi) is 5.71. The third-order valence-corrected chi connectivity index (χ3v) is 3.09. The van der Waals surface area contributed by atoms with Gasteiger partial charge in [-0.3, -0.25) is 4.90 Å². The molecule has 0 aromatic carbocycles. The zero-order valence-electron chi connectivity index (χ0n) is 11.5. The normalized spacial score (nSPS) is 21.6. The molecule has 1 atom stereocenters. The fourth-order valence-corrected chi connectivity index (χ4v) is 2.28. The Bertz CT molecular complexity index is 246. The molecule has 0 aromatic heterocycles. The van der Waals surface area contributed by atoms with Gasteiger partial charge in [-0.2, -0.15) is 0 Å². The van der Waals surface area contributed by atoms with Gasteiger partial charge >= 0.3 is 6.03 Å². The highest BCUT2D eigenvalue weighted by Crippen LogP contribution is 2.12. The van der Waals surface area contributed by atoms with Crippen molar-refractivity contribution in [3.8, 4) is 0 Å². The summed E-state index contributed by atoms with van der Waals surface area (Å²) in [7, 11) is 5.28. The molecule has 17 heavy (non-hydrogen) atoms. The lowest BCUT2D eigenvalue weighted by Gasteiger charge is -2.42. The van der Waals surface area contributed by atoms with Crippen LogP contribution in [0.2, 0.25) is 0 Å². The number of nitrogens with zero attached hydrogens (tertiary/aromatic N) is 3. The van der Waals surface area contributed by atoms with Gasteiger partial charge in [-0.05, 0) is 13.0 Å². The fourth-order valence-electron chi connectivity index (χ4n) is 2.28. The summed E-state index contributed by atoms with van der Waals surface area (Å²) in [5.41, 5.74) is 0. The van der Waals surface area contributed by atoms with Crippen LogP contribution in [0.3, 0.4) is 0 Å². The standard InChI is InChI=1S/C12H25N3O2/c1-5-6-14-7-8-15(12(16)13(2)3)11(9-14)10-17-4/h11H,5-10H2,1-4H3. The van der Waals surface area contributed by atoms with Crippen molar-refractivity contribution in [1.29, 1.82) is 0 Å². The molecule has 0 N–H and O–H groups in total. The van der Waals surface area contributed by atoms with Crippen molar-refractivity contribution in [2.75, 3.05) is 54.0 Å². The zero-order valence-corrected chi connectivity index (χ0v) is 11.5. The van der Waals surface area contributed by atoms with E-state index >= 15 is 0 Å². The Morgan fingerprint density at radius 2 is 2.12 bits per heavy atom. The van der Waals surface area contributed by atoms with Gasteiger partial charge in [0.05, 0.1) is 12.6 Å². The molecule has 1 aliphatic rings. The first-order valence-corrected chi connectivity index (χ1v) is 6.29. The van der Waals surface area contributed by atoms with Crippen LogP contribution in [0, 0.1) is 0 Å². The lowest BCUT2D eigenvalue weighted by atomic mass is 10.1. The lowest BCUT2D eigenvalue weighted by molar-refractivity contribution is 0.0379. The molecule has 1 heterocycles. The molecule has 0 bridgehead atoms. The van der Waals surface area contributed by atoms with Crippen molar-refractivity contribution < 1.29 is 9.53 Å². The quantitative estimate of drug-likeness (QED) is 0.729. The Morgan fingerprint density at radius 1 is 1.41 bits per heavy atom. The predicted octanol–water partition coefficient (Wildman–Crippen LogP) is 0.711. The molecule has 0 aliphatic carbocycles. The second-order valence-corrected chi connectivity index (χ2v) is 4.78. The van der Waals surface area contributed by atoms with E-state index in [4.69, 9.17) is 4.74 Å². The fraction of sp³-hybridized carbons (Fsp3) is 0.917. The Hall–Kier alpha value is -0.810. The minimum atomic E-state index is 0.0863. The highest BCUT2D eigenvalue weighted by atomic mass is 16.5. The molecule has 1 aliphatic heterocycles. The molecule has 2 amide bonds. The average Bonchev–Trinajstić information content (AvgIpc) is 2.29. The first kappa shape index (κ1) is 14.3. The summed E-state index contributed by atoms with van der Waals surface area (Å²) in [6, 6.07) is 0.262. The van der Waals surface area contributed by atoms with Crippen LogP contribution in [0.5, 0.6) is 0 Å². The number of hydrogen-bond acceptors (Lipinski definition) is 3. The van der Waals surface area contributed by atoms with Crippen LogP contribution in [-0.4, -0.2) is 80.8 Å². The first-order valence-electron chi connectivity index (χ1n) is 6.29. The number of methoxy groups -OCH3 is 1. The van der Waals surface area contributed by atoms with Crippen LogP contribution in [0.25, 0.3) is 0 Å². The maximum Gasteiger partial charge on any atom is 0.319 e. The van der Waals surface area contributed by atoms with E-state index in [0.29, 0.717) is 6.61 Å². The summed E-state index contributed by atoms with van der Waals surface area (Å²) in [5, 5.41) is 0. The van der Waals surface area contributed by atoms with Crippen LogP contribution < -0.4 is 0 Å². The van der Waals surface area contributed by atoms with Crippen LogP contribution in [0.4, 0.5) is 4.79 Å². The van der Waals surface area contributed by atoms with Crippen molar-refractivity contribution in [3.63, 3.8) is 0 Å². The van der Waals surface area contributed by atoms with Crippen molar-refractivity contribution in [2.24, 2.45) is 0 Å². The van der Waals surface area contributed by atoms with Gasteiger partial charge in [0.25, 0.3) is 0 Å². The number of urea groups is 1. The maximum atomic E-state index is 12.0. The molecule has 1 rings (SSSR count). The highest BCUT2D eigenvalue weighted by molar-refractivity contribution is 5.74. The van der Waals surface area contributed by atoms with E-state index in [9.17, 15) is 4.79 Å². The smallest absolute Gasteiger partial charge is 0.319 e. The Labute approximate surface area is 104 Å². The topological polar surface area (TPSA) is 36.0 Å². The summed E-state index contributed by atoms with van der Waals surface area (Å²) in [6.45, 7) is 6.58. The molecule has 1 unspecified atom stereocenters. The average molecular weight is 243 g/mol. The second kappa shape index (κ2) is 6.81. The summed E-state index contributed by atoms with van der Waals surface area (Å²) in [4.78, 5) is 18.0. The summed E-state index contributed by atoms with van der Waals surface area (Å²) >= 11 is 0. The number of ether oxygens (including phenoxy) is 1. The lowest BCUT2D eigenvalue weighted by Crippen LogP contribution is -2.58. The van der Waals surface area contributed by atoms with Gasteiger partial charge in [0.1, 0.15) is 0 Å². The van der Waals surface area contributed by atoms with Crippen molar-refractivity contribution in [1.82, 2.24) is 14.7 Å². The van der Waals surface area contributed by atoms with Gasteiger partial charge in [0.2, 0.25) is 0 Å². The largest absolute Gasteiger partial charge is 0.382 e. The molecular weight excluding hydrogens is 218 g/mol. The van der Waals surface area contributed by atoms with E-state index in [2.05, 4.69) is 11.8 Å². The maximum absolute atomic E-state index is 12.0. The number of rotatable bonds is 4. The van der Waals surface area contributed by atoms with E-state index in [1.165, 1.54) is 0 Å². The molecule has 5 heteroatoms. The van der Waals surface area contributed by atoms with E-state index in [-0.39, 0.29) is 12.1 Å². The Morgan fingerprint density at radius 3 is 2.65 bits per heavy atom. The van der Waals surface area contributed by atoms with Crippen LogP contribution >= 0.6 is 0 Å². The number of piperazine rings is 1. The second-order valence-electron chi connectivity index (χ2n) is 4.78. The minimum Gasteiger partial charge on any atom is -0.382 e. The monoisotopic (exact) mass is 243 g/mol. The number of carbonyl (C=O) groups is 1. The van der Waals surface area contributed by atoms with Crippen LogP contribution in [0.15, 0.2) is 0 Å². The SMILES string of the molecule is CCCN1CCN(C(=O)N(C)C)C(COC)C1. The van der Waals surface area contributed by atoms with E-state index in [0.717, 1.165) is 32.6 Å². The van der Waals surface area contributed by atoms with E-state index in [1.54, 1.807) is 26.1 Å². The van der Waals surface area contributed by atoms with Gasteiger partial charge in [0, 0.05) is 40.8 Å². The number of carbonyl (C=O) groups excluding carboxylic acids is 1. The number of hydrogen-bond donors (Lipinski definition) is 0. The molecule has 0 saturated carbocycles. The van der Waals surface area contributed by atoms with Crippen LogP contribution in [-0.2, 0) is 4.74 Å². The van der Waals surface area contributed by atoms with Crippen molar-refractivity contribution in [3.05, 3.63) is 0 Å². The molecule has 1 fully saturated rings. The van der Waals surface area contributed by atoms with Gasteiger partial charge in [-0.1, -0.05) is 6.92 Å². The predicted molar refractivity (Wildman–Crippen MR) is 68.2 cm³/mol. The Balaban J connectivity index is 2.62. The third-order valence-electron chi connectivity index (χ3n) is 3.09. The molecule has 5 nitrogen and oxygen atoms in total. The zero-order chi connectivity index (χ0) is 12.8. The molecule has 0 aromatic rings. The summed E-state index contributed by atoms with van der Waals surface area (Å²) in [6.07, 6.45) is 1.15. The van der Waals surface area contributed by atoms with Crippen LogP contribution in [0.1, 0.15) is 13.3 Å². The van der Waals surface area contributed by atoms with Gasteiger partial charge < -0.3 is 14.5 Å². The third kappa shape index (κ3) is 3.85. The molecular formula is C12H25N3O2. The van der Waals surface area contributed by atoms with Gasteiger partial charge in [0.15, 0.2) is 0 Å². The molecule has 100 valence electrons. The highest BCUT2D eigenvalue weighted by Gasteiger charge is 2.30. The van der Waals surface area contributed by atoms with Crippen molar-refractivity contribution >= 4 is 6.03 Å². The molecule has 0 radical (unpaired) electrons. The minimum absolute atomic E-state index is 0.0863. The molecule has 0 spiro atoms. The summed E-state index contributed by atoms with van der Waals surface area (Å²) in [5.74, 6) is 0. The van der Waals surface area contributed by atoms with Gasteiger partial charge in [-0.15, -0.1) is 0 Å². The number of amides is 2. The van der Waals surface area contributed by atoms with E-state index in [1.807, 2.05) is 4.90 Å². The molecule has 1 saturated heterocycles. The van der Waals surface area contributed by atoms with E-state index < -0.39 is 0 Å². The van der Waals surface area contributed by atoms with Crippen molar-refractivity contribution in [2.45, 2.75) is 19.4 Å². The summed E-state index contributed by atoms with van der Waals surface area (Å²) < 4.78 is 5.23. The van der Waals surface area contributed by atoms with Gasteiger partial charge in [-0.25, -0.2) is 4.79 Å².